The molecule has 94 valence electrons. The quantitative estimate of drug-likeness (QED) is 0.947. The number of aryl methyl sites for hydroxylation is 1. The number of halogens is 1. The fraction of sp³-hybridized carbons (Fsp3) is 0.286. The summed E-state index contributed by atoms with van der Waals surface area (Å²) in [5.41, 5.74) is 8.66. The van der Waals surface area contributed by atoms with Gasteiger partial charge in [0.15, 0.2) is 0 Å². The van der Waals surface area contributed by atoms with Gasteiger partial charge in [-0.05, 0) is 19.1 Å². The molecule has 18 heavy (non-hydrogen) atoms. The highest BCUT2D eigenvalue weighted by atomic mass is 79.9. The van der Waals surface area contributed by atoms with E-state index in [2.05, 4.69) is 25.9 Å². The minimum absolute atomic E-state index is 0.172. The smallest absolute Gasteiger partial charge is 0.133 e. The van der Waals surface area contributed by atoms with Crippen molar-refractivity contribution in [1.82, 2.24) is 9.97 Å². The number of benzene rings is 1. The van der Waals surface area contributed by atoms with Gasteiger partial charge >= 0.3 is 0 Å². The van der Waals surface area contributed by atoms with E-state index in [4.69, 9.17) is 5.73 Å². The van der Waals surface area contributed by atoms with Crippen molar-refractivity contribution >= 4 is 15.9 Å². The summed E-state index contributed by atoms with van der Waals surface area (Å²) in [7, 11) is 0. The Kier molecular flexibility index (Phi) is 4.09. The summed E-state index contributed by atoms with van der Waals surface area (Å²) < 4.78 is 1.04. The van der Waals surface area contributed by atoms with Crippen molar-refractivity contribution in [2.75, 3.05) is 6.54 Å². The average molecular weight is 306 g/mol. The van der Waals surface area contributed by atoms with Crippen LogP contribution in [0.2, 0.25) is 0 Å². The molecular weight excluding hydrogens is 290 g/mol. The first-order valence-electron chi connectivity index (χ1n) is 5.92. The summed E-state index contributed by atoms with van der Waals surface area (Å²) in [4.78, 5) is 9.07. The van der Waals surface area contributed by atoms with Crippen molar-refractivity contribution in [2.45, 2.75) is 19.8 Å². The van der Waals surface area contributed by atoms with Gasteiger partial charge in [-0.15, -0.1) is 0 Å². The zero-order valence-electron chi connectivity index (χ0n) is 10.5. The zero-order valence-corrected chi connectivity index (χ0v) is 12.1. The summed E-state index contributed by atoms with van der Waals surface area (Å²) in [6, 6.07) is 10.0. The third-order valence-electron chi connectivity index (χ3n) is 2.82. The number of nitrogens with zero attached hydrogens (tertiary/aromatic N) is 2. The molecule has 0 aliphatic rings. The van der Waals surface area contributed by atoms with Crippen molar-refractivity contribution in [2.24, 2.45) is 5.73 Å². The van der Waals surface area contributed by atoms with Crippen LogP contribution in [0.3, 0.4) is 0 Å². The third-order valence-corrected chi connectivity index (χ3v) is 3.51. The molecule has 1 aromatic carbocycles. The van der Waals surface area contributed by atoms with Crippen molar-refractivity contribution in [3.8, 4) is 11.3 Å². The van der Waals surface area contributed by atoms with Gasteiger partial charge in [0.05, 0.1) is 5.69 Å². The molecular formula is C14H16BrN3. The highest BCUT2D eigenvalue weighted by Crippen LogP contribution is 2.27. The lowest BCUT2D eigenvalue weighted by atomic mass is 10.1. The van der Waals surface area contributed by atoms with Crippen LogP contribution in [0.4, 0.5) is 0 Å². The Morgan fingerprint density at radius 2 is 2.00 bits per heavy atom. The van der Waals surface area contributed by atoms with Crippen LogP contribution in [0, 0.1) is 6.92 Å². The van der Waals surface area contributed by atoms with Crippen molar-refractivity contribution < 1.29 is 0 Å². The molecule has 0 bridgehead atoms. The Hall–Kier alpha value is -1.26. The van der Waals surface area contributed by atoms with Gasteiger partial charge in [-0.1, -0.05) is 41.1 Å². The molecule has 0 amide bonds. The molecule has 1 aromatic heterocycles. The van der Waals surface area contributed by atoms with Crippen LogP contribution in [0.25, 0.3) is 11.3 Å². The standard InChI is InChI=1S/C14H16BrN3/c1-9(8-16)14-17-10(2)7-13(18-14)11-5-3-4-6-12(11)15/h3-7,9H,8,16H2,1-2H3. The van der Waals surface area contributed by atoms with Crippen LogP contribution in [-0.4, -0.2) is 16.5 Å². The fourth-order valence-electron chi connectivity index (χ4n) is 1.72. The van der Waals surface area contributed by atoms with Crippen LogP contribution in [0.15, 0.2) is 34.8 Å². The third kappa shape index (κ3) is 2.76. The minimum atomic E-state index is 0.172. The SMILES string of the molecule is Cc1cc(-c2ccccc2Br)nc(C(C)CN)n1. The topological polar surface area (TPSA) is 51.8 Å². The molecule has 3 nitrogen and oxygen atoms in total. The van der Waals surface area contributed by atoms with Crippen molar-refractivity contribution in [1.29, 1.82) is 0 Å². The lowest BCUT2D eigenvalue weighted by Crippen LogP contribution is -2.13. The predicted octanol–water partition coefficient (Wildman–Crippen LogP) is 3.28. The van der Waals surface area contributed by atoms with Crippen LogP contribution >= 0.6 is 15.9 Å². The second-order valence-corrected chi connectivity index (χ2v) is 5.22. The van der Waals surface area contributed by atoms with Gasteiger partial charge in [0.25, 0.3) is 0 Å². The highest BCUT2D eigenvalue weighted by Gasteiger charge is 2.11. The molecule has 1 unspecified atom stereocenters. The summed E-state index contributed by atoms with van der Waals surface area (Å²) in [6.45, 7) is 4.58. The van der Waals surface area contributed by atoms with Gasteiger partial charge in [0, 0.05) is 28.2 Å². The van der Waals surface area contributed by atoms with Gasteiger partial charge in [-0.25, -0.2) is 9.97 Å². The van der Waals surface area contributed by atoms with Gasteiger partial charge in [0.2, 0.25) is 0 Å². The van der Waals surface area contributed by atoms with Crippen LogP contribution in [0.5, 0.6) is 0 Å². The van der Waals surface area contributed by atoms with Crippen molar-refractivity contribution in [3.63, 3.8) is 0 Å². The molecule has 0 saturated carbocycles. The fourth-order valence-corrected chi connectivity index (χ4v) is 2.21. The average Bonchev–Trinajstić information content (AvgIpc) is 2.37. The molecule has 1 heterocycles. The Morgan fingerprint density at radius 1 is 1.28 bits per heavy atom. The summed E-state index contributed by atoms with van der Waals surface area (Å²) >= 11 is 3.55. The minimum Gasteiger partial charge on any atom is -0.330 e. The van der Waals surface area contributed by atoms with E-state index in [0.29, 0.717) is 6.54 Å². The normalized spacial score (nSPS) is 12.4. The van der Waals surface area contributed by atoms with E-state index in [1.54, 1.807) is 0 Å². The van der Waals surface area contributed by atoms with Gasteiger partial charge in [-0.2, -0.15) is 0 Å². The number of nitrogens with two attached hydrogens (primary N) is 1. The number of aromatic nitrogens is 2. The molecule has 2 rings (SSSR count). The molecule has 0 spiro atoms. The molecule has 0 radical (unpaired) electrons. The number of hydrogen-bond donors (Lipinski definition) is 1. The van der Waals surface area contributed by atoms with E-state index in [0.717, 1.165) is 27.2 Å². The van der Waals surface area contributed by atoms with E-state index in [1.165, 1.54) is 0 Å². The van der Waals surface area contributed by atoms with Crippen LogP contribution in [-0.2, 0) is 0 Å². The van der Waals surface area contributed by atoms with E-state index in [-0.39, 0.29) is 5.92 Å². The lowest BCUT2D eigenvalue weighted by Gasteiger charge is -2.11. The maximum absolute atomic E-state index is 5.68. The van der Waals surface area contributed by atoms with E-state index in [1.807, 2.05) is 44.2 Å². The highest BCUT2D eigenvalue weighted by molar-refractivity contribution is 9.10. The summed E-state index contributed by atoms with van der Waals surface area (Å²) in [5.74, 6) is 0.981. The first-order valence-corrected chi connectivity index (χ1v) is 6.71. The number of hydrogen-bond acceptors (Lipinski definition) is 3. The van der Waals surface area contributed by atoms with E-state index >= 15 is 0 Å². The van der Waals surface area contributed by atoms with Crippen LogP contribution < -0.4 is 5.73 Å². The molecule has 0 aliphatic carbocycles. The van der Waals surface area contributed by atoms with Gasteiger partial charge in [0.1, 0.15) is 5.82 Å². The van der Waals surface area contributed by atoms with Gasteiger partial charge in [-0.3, -0.25) is 0 Å². The Labute approximate surface area is 116 Å². The summed E-state index contributed by atoms with van der Waals surface area (Å²) in [5, 5.41) is 0. The predicted molar refractivity (Wildman–Crippen MR) is 77.4 cm³/mol. The van der Waals surface area contributed by atoms with E-state index in [9.17, 15) is 0 Å². The molecule has 0 fully saturated rings. The maximum atomic E-state index is 5.68. The first kappa shape index (κ1) is 13.2. The molecule has 0 aliphatic heterocycles. The largest absolute Gasteiger partial charge is 0.330 e. The molecule has 2 aromatic rings. The Morgan fingerprint density at radius 3 is 2.67 bits per heavy atom. The molecule has 1 atom stereocenters. The summed E-state index contributed by atoms with van der Waals surface area (Å²) in [6.07, 6.45) is 0. The molecule has 4 heteroatoms. The Bertz CT molecular complexity index is 554. The molecule has 2 N–H and O–H groups in total. The maximum Gasteiger partial charge on any atom is 0.133 e. The lowest BCUT2D eigenvalue weighted by molar-refractivity contribution is 0.708. The van der Waals surface area contributed by atoms with Crippen molar-refractivity contribution in [3.05, 3.63) is 46.3 Å². The van der Waals surface area contributed by atoms with Gasteiger partial charge < -0.3 is 5.73 Å². The zero-order chi connectivity index (χ0) is 13.1. The monoisotopic (exact) mass is 305 g/mol. The number of rotatable bonds is 3. The molecule has 0 saturated heterocycles. The second-order valence-electron chi connectivity index (χ2n) is 4.37. The van der Waals surface area contributed by atoms with Crippen LogP contribution in [0.1, 0.15) is 24.4 Å². The first-order chi connectivity index (χ1) is 8.61. The van der Waals surface area contributed by atoms with E-state index < -0.39 is 0 Å². The second kappa shape index (κ2) is 5.59. The Balaban J connectivity index is 2.52.